The van der Waals surface area contributed by atoms with Gasteiger partial charge in [0.15, 0.2) is 0 Å². The second-order valence-corrected chi connectivity index (χ2v) is 5.65. The van der Waals surface area contributed by atoms with Crippen LogP contribution in [0, 0.1) is 0 Å². The molecule has 1 aliphatic rings. The Labute approximate surface area is 127 Å². The fourth-order valence-corrected chi connectivity index (χ4v) is 3.17. The Bertz CT molecular complexity index is 847. The van der Waals surface area contributed by atoms with Gasteiger partial charge in [-0.15, -0.1) is 0 Å². The number of nitrogens with zero attached hydrogens (tertiary/aromatic N) is 4. The molecule has 0 bridgehead atoms. The summed E-state index contributed by atoms with van der Waals surface area (Å²) in [6.45, 7) is 0.746. The zero-order chi connectivity index (χ0) is 15.1. The molecule has 0 radical (unpaired) electrons. The second-order valence-electron chi connectivity index (χ2n) is 5.65. The number of fused-ring (bicyclic) bond motifs is 2. The van der Waals surface area contributed by atoms with Gasteiger partial charge in [-0.2, -0.15) is 10.2 Å². The third-order valence-corrected chi connectivity index (χ3v) is 4.25. The lowest BCUT2D eigenvalue weighted by molar-refractivity contribution is -0.118. The van der Waals surface area contributed by atoms with E-state index in [0.717, 1.165) is 47.4 Å². The van der Waals surface area contributed by atoms with Crippen LogP contribution in [0.4, 0.5) is 5.69 Å². The molecule has 0 fully saturated rings. The van der Waals surface area contributed by atoms with Gasteiger partial charge in [-0.25, -0.2) is 0 Å². The molecule has 2 aromatic heterocycles. The largest absolute Gasteiger partial charge is 0.309 e. The summed E-state index contributed by atoms with van der Waals surface area (Å²) in [5.41, 5.74) is 3.84. The minimum absolute atomic E-state index is 0.0752. The zero-order valence-electron chi connectivity index (χ0n) is 12.4. The van der Waals surface area contributed by atoms with Gasteiger partial charge in [0, 0.05) is 19.0 Å². The number of rotatable bonds is 2. The zero-order valence-corrected chi connectivity index (χ0v) is 12.4. The number of anilines is 1. The lowest BCUT2D eigenvalue weighted by atomic mass is 10.1. The van der Waals surface area contributed by atoms with Crippen LogP contribution in [0.3, 0.4) is 0 Å². The molecule has 0 saturated heterocycles. The van der Waals surface area contributed by atoms with Gasteiger partial charge in [-0.3, -0.25) is 14.6 Å². The second kappa shape index (κ2) is 4.98. The van der Waals surface area contributed by atoms with Gasteiger partial charge in [0.2, 0.25) is 5.91 Å². The van der Waals surface area contributed by atoms with E-state index in [2.05, 4.69) is 15.3 Å². The lowest BCUT2D eigenvalue weighted by Gasteiger charge is -2.26. The number of carbonyl (C=O) groups excluding carboxylic acids is 1. The Morgan fingerprint density at radius 2 is 2.23 bits per heavy atom. The Kier molecular flexibility index (Phi) is 2.96. The molecule has 4 rings (SSSR count). The van der Waals surface area contributed by atoms with Gasteiger partial charge in [-0.1, -0.05) is 18.2 Å². The van der Waals surface area contributed by atoms with Crippen molar-refractivity contribution in [2.75, 3.05) is 11.4 Å². The molecule has 0 spiro atoms. The fraction of sp³-hybridized carbons (Fsp3) is 0.312. The van der Waals surface area contributed by atoms with Crippen molar-refractivity contribution in [2.24, 2.45) is 7.05 Å². The van der Waals surface area contributed by atoms with Crippen molar-refractivity contribution in [2.45, 2.75) is 19.3 Å². The Morgan fingerprint density at radius 1 is 1.36 bits per heavy atom. The fourth-order valence-electron chi connectivity index (χ4n) is 3.17. The number of aryl methyl sites for hydroxylation is 2. The number of H-pyrrole nitrogens is 1. The van der Waals surface area contributed by atoms with E-state index in [-0.39, 0.29) is 5.91 Å². The highest BCUT2D eigenvalue weighted by molar-refractivity contribution is 5.97. The van der Waals surface area contributed by atoms with E-state index < -0.39 is 0 Å². The van der Waals surface area contributed by atoms with Gasteiger partial charge < -0.3 is 4.90 Å². The Morgan fingerprint density at radius 3 is 3.14 bits per heavy atom. The number of hydrogen-bond acceptors (Lipinski definition) is 3. The molecule has 0 saturated carbocycles. The van der Waals surface area contributed by atoms with Crippen LogP contribution in [0.15, 0.2) is 30.5 Å². The van der Waals surface area contributed by atoms with Crippen LogP contribution in [0.1, 0.15) is 17.8 Å². The van der Waals surface area contributed by atoms with Crippen molar-refractivity contribution in [1.29, 1.82) is 0 Å². The van der Waals surface area contributed by atoms with Gasteiger partial charge >= 0.3 is 0 Å². The van der Waals surface area contributed by atoms with Crippen LogP contribution in [0.2, 0.25) is 0 Å². The molecule has 6 nitrogen and oxygen atoms in total. The third kappa shape index (κ3) is 1.99. The van der Waals surface area contributed by atoms with E-state index in [0.29, 0.717) is 6.42 Å². The first kappa shape index (κ1) is 13.1. The maximum atomic E-state index is 12.7. The number of aromatic nitrogens is 4. The average Bonchev–Trinajstić information content (AvgIpc) is 3.13. The van der Waals surface area contributed by atoms with Crippen LogP contribution in [-0.2, 0) is 24.7 Å². The quantitative estimate of drug-likeness (QED) is 0.784. The molecular formula is C16H17N5O. The molecule has 3 heterocycles. The Balaban J connectivity index is 1.65. The van der Waals surface area contributed by atoms with Crippen LogP contribution >= 0.6 is 0 Å². The molecule has 6 heteroatoms. The molecule has 3 aromatic rings. The maximum absolute atomic E-state index is 12.7. The summed E-state index contributed by atoms with van der Waals surface area (Å²) < 4.78 is 1.83. The first-order chi connectivity index (χ1) is 10.7. The minimum Gasteiger partial charge on any atom is -0.309 e. The first-order valence-corrected chi connectivity index (χ1v) is 7.47. The van der Waals surface area contributed by atoms with Crippen molar-refractivity contribution < 1.29 is 4.79 Å². The molecule has 1 aliphatic heterocycles. The molecular weight excluding hydrogens is 278 g/mol. The third-order valence-electron chi connectivity index (χ3n) is 4.25. The molecule has 1 amide bonds. The van der Waals surface area contributed by atoms with Crippen molar-refractivity contribution in [3.8, 4) is 0 Å². The van der Waals surface area contributed by atoms with E-state index in [4.69, 9.17) is 0 Å². The number of carbonyl (C=O) groups is 1. The first-order valence-electron chi connectivity index (χ1n) is 7.47. The standard InChI is InChI=1S/C16H17N5O/c1-20-14-7-3-2-5-11(14)13(19-20)9-16(22)21-8-4-6-12-15(21)10-17-18-12/h2-3,5,7,10H,4,6,8-9H2,1H3,(H,17,18). The van der Waals surface area contributed by atoms with Crippen LogP contribution in [0.5, 0.6) is 0 Å². The summed E-state index contributed by atoms with van der Waals surface area (Å²) in [7, 11) is 1.91. The summed E-state index contributed by atoms with van der Waals surface area (Å²) in [6.07, 6.45) is 3.96. The highest BCUT2D eigenvalue weighted by atomic mass is 16.2. The molecule has 22 heavy (non-hydrogen) atoms. The number of para-hydroxylation sites is 1. The van der Waals surface area contributed by atoms with Gasteiger partial charge in [0.05, 0.1) is 35.2 Å². The number of benzene rings is 1. The number of aromatic amines is 1. The van der Waals surface area contributed by atoms with E-state index in [1.165, 1.54) is 0 Å². The molecule has 112 valence electrons. The summed E-state index contributed by atoms with van der Waals surface area (Å²) >= 11 is 0. The molecule has 0 aliphatic carbocycles. The van der Waals surface area contributed by atoms with Crippen molar-refractivity contribution >= 4 is 22.5 Å². The SMILES string of the molecule is Cn1nc(CC(=O)N2CCCc3[nH]ncc32)c2ccccc21. The Hall–Kier alpha value is -2.63. The molecule has 1 N–H and O–H groups in total. The van der Waals surface area contributed by atoms with E-state index in [9.17, 15) is 4.79 Å². The van der Waals surface area contributed by atoms with Crippen molar-refractivity contribution in [3.63, 3.8) is 0 Å². The van der Waals surface area contributed by atoms with Crippen LogP contribution in [-0.4, -0.2) is 32.4 Å². The average molecular weight is 295 g/mol. The maximum Gasteiger partial charge on any atom is 0.233 e. The van der Waals surface area contributed by atoms with Gasteiger partial charge in [0.25, 0.3) is 0 Å². The van der Waals surface area contributed by atoms with Crippen molar-refractivity contribution in [1.82, 2.24) is 20.0 Å². The predicted molar refractivity (Wildman–Crippen MR) is 83.7 cm³/mol. The number of nitrogens with one attached hydrogen (secondary N) is 1. The van der Waals surface area contributed by atoms with E-state index in [1.807, 2.05) is 40.9 Å². The van der Waals surface area contributed by atoms with E-state index >= 15 is 0 Å². The number of amides is 1. The van der Waals surface area contributed by atoms with Crippen LogP contribution < -0.4 is 4.90 Å². The highest BCUT2D eigenvalue weighted by Crippen LogP contribution is 2.26. The minimum atomic E-state index is 0.0752. The van der Waals surface area contributed by atoms with Gasteiger partial charge in [-0.05, 0) is 18.9 Å². The number of hydrogen-bond donors (Lipinski definition) is 1. The normalized spacial score (nSPS) is 14.3. The molecule has 0 unspecified atom stereocenters. The smallest absolute Gasteiger partial charge is 0.233 e. The van der Waals surface area contributed by atoms with Crippen molar-refractivity contribution in [3.05, 3.63) is 41.9 Å². The highest BCUT2D eigenvalue weighted by Gasteiger charge is 2.25. The molecule has 1 aromatic carbocycles. The lowest BCUT2D eigenvalue weighted by Crippen LogP contribution is -2.36. The summed E-state index contributed by atoms with van der Waals surface area (Å²) in [6, 6.07) is 8.00. The van der Waals surface area contributed by atoms with Crippen LogP contribution in [0.25, 0.3) is 10.9 Å². The topological polar surface area (TPSA) is 66.8 Å². The summed E-state index contributed by atoms with van der Waals surface area (Å²) in [5.74, 6) is 0.0752. The van der Waals surface area contributed by atoms with E-state index in [1.54, 1.807) is 6.20 Å². The summed E-state index contributed by atoms with van der Waals surface area (Å²) in [4.78, 5) is 14.5. The van der Waals surface area contributed by atoms with Gasteiger partial charge in [0.1, 0.15) is 0 Å². The predicted octanol–water partition coefficient (Wildman–Crippen LogP) is 1.82. The molecule has 0 atom stereocenters. The monoisotopic (exact) mass is 295 g/mol. The summed E-state index contributed by atoms with van der Waals surface area (Å²) in [5, 5.41) is 12.6.